The molecular weight excluding hydrogens is 750 g/mol. The number of hydrogen-bond donors (Lipinski definition) is 3. The molecule has 324 valence electrons. The van der Waals surface area contributed by atoms with E-state index in [1.165, 1.54) is 21.1 Å². The van der Waals surface area contributed by atoms with E-state index in [0.29, 0.717) is 44.4 Å². The van der Waals surface area contributed by atoms with Gasteiger partial charge in [-0.05, 0) is 89.3 Å². The number of rotatable bonds is 12. The Balaban J connectivity index is 0.00000567. The van der Waals surface area contributed by atoms with E-state index in [0.717, 1.165) is 51.0 Å². The third-order valence-electron chi connectivity index (χ3n) is 15.0. The maximum atomic E-state index is 15.1. The van der Waals surface area contributed by atoms with Gasteiger partial charge in [-0.3, -0.25) is 19.2 Å². The Kier molecular flexibility index (Phi) is 13.6. The maximum Gasteiger partial charge on any atom is 0.343 e. The lowest BCUT2D eigenvalue weighted by Crippen LogP contribution is -2.68. The number of fused-ring (bicyclic) bond motifs is 6. The molecule has 0 aromatic rings. The number of allylic oxidation sites excluding steroid dienone is 3. The number of alkyl halides is 1. The van der Waals surface area contributed by atoms with Crippen LogP contribution in [0, 0.1) is 34.5 Å². The van der Waals surface area contributed by atoms with Gasteiger partial charge in [-0.25, -0.2) is 9.18 Å². The second-order valence-electron chi connectivity index (χ2n) is 18.0. The van der Waals surface area contributed by atoms with Gasteiger partial charge < -0.3 is 39.6 Å². The predicted molar refractivity (Wildman–Crippen MR) is 215 cm³/mol. The molecule has 0 aromatic heterocycles. The zero-order chi connectivity index (χ0) is 40.7. The number of esters is 3. The second-order valence-corrected chi connectivity index (χ2v) is 18.0. The lowest BCUT2D eigenvalue weighted by molar-refractivity contribution is -0.211. The average Bonchev–Trinajstić information content (AvgIpc) is 3.85. The second kappa shape index (κ2) is 17.8. The van der Waals surface area contributed by atoms with Crippen molar-refractivity contribution < 1.29 is 47.5 Å². The van der Waals surface area contributed by atoms with Gasteiger partial charge in [-0.2, -0.15) is 0 Å². The van der Waals surface area contributed by atoms with Gasteiger partial charge in [-0.15, -0.1) is 0 Å². The summed E-state index contributed by atoms with van der Waals surface area (Å²) in [5.74, 6) is -1.17. The first-order valence-electron chi connectivity index (χ1n) is 21.3. The molecule has 14 heteroatoms. The van der Waals surface area contributed by atoms with Crippen molar-refractivity contribution in [3.05, 3.63) is 47.8 Å². The molecule has 5 saturated heterocycles. The van der Waals surface area contributed by atoms with E-state index in [1.54, 1.807) is 14.0 Å². The van der Waals surface area contributed by atoms with Gasteiger partial charge in [0.05, 0.1) is 21.3 Å². The Bertz CT molecular complexity index is 1660. The Hall–Kier alpha value is -3.17. The molecule has 7 rings (SSSR count). The van der Waals surface area contributed by atoms with E-state index in [2.05, 4.69) is 38.7 Å². The van der Waals surface area contributed by atoms with E-state index in [-0.39, 0.29) is 59.0 Å². The zero-order valence-corrected chi connectivity index (χ0v) is 35.1. The van der Waals surface area contributed by atoms with Crippen LogP contribution in [0.15, 0.2) is 47.8 Å². The predicted octanol–water partition coefficient (Wildman–Crippen LogP) is 4.01. The molecule has 9 unspecified atom stereocenters. The number of piperidine rings is 2. The van der Waals surface area contributed by atoms with Crippen LogP contribution in [-0.2, 0) is 33.3 Å². The van der Waals surface area contributed by atoms with Gasteiger partial charge in [0.1, 0.15) is 23.4 Å². The largest absolute Gasteiger partial charge is 0.497 e. The standard InChI is InChI=1S/C44H65FN4O8.FH/c1-7-42(17-11-19-49-18-10-14-37(42)49)39(57-28(3)50)44(53,41(52)56-6)26-46-31-15-16-34(36(21-31)54-4)43(40(51)55-5)22-29-20-30(27(2)45)24-48(23-29)25-33-32-12-8-9-13-35(32)47-38(33)43;/h8-9,12-13,16,21,27,29-33,35,37-39,46-47,53H,7,10-11,14-15,17-20,22-26H2,1-6H3;1H/t27?,29?,30?,31?,32?,33?,35?,37-,38?,39-,42-,43+,44+;/m1./s1. The van der Waals surface area contributed by atoms with E-state index >= 15 is 4.39 Å². The van der Waals surface area contributed by atoms with E-state index in [1.807, 2.05) is 25.2 Å². The van der Waals surface area contributed by atoms with Crippen LogP contribution < -0.4 is 10.6 Å². The first-order valence-corrected chi connectivity index (χ1v) is 21.3. The molecule has 0 aromatic carbocycles. The van der Waals surface area contributed by atoms with Crippen molar-refractivity contribution in [3.63, 3.8) is 0 Å². The summed E-state index contributed by atoms with van der Waals surface area (Å²) in [6, 6.07) is -0.629. The molecule has 2 aliphatic carbocycles. The Morgan fingerprint density at radius 3 is 2.55 bits per heavy atom. The van der Waals surface area contributed by atoms with E-state index < -0.39 is 46.7 Å². The molecule has 0 saturated carbocycles. The van der Waals surface area contributed by atoms with Crippen molar-refractivity contribution in [2.75, 3.05) is 60.6 Å². The van der Waals surface area contributed by atoms with Crippen molar-refractivity contribution in [2.24, 2.45) is 34.5 Å². The number of nitrogens with one attached hydrogen (secondary N) is 2. The van der Waals surface area contributed by atoms with Gasteiger partial charge in [-0.1, -0.05) is 37.3 Å². The van der Waals surface area contributed by atoms with Crippen LogP contribution in [0.3, 0.4) is 0 Å². The van der Waals surface area contributed by atoms with Gasteiger partial charge in [0, 0.05) is 80.1 Å². The number of hydrogen-bond acceptors (Lipinski definition) is 12. The average molecular weight is 817 g/mol. The fourth-order valence-electron chi connectivity index (χ4n) is 12.6. The lowest BCUT2D eigenvalue weighted by Gasteiger charge is -2.53. The summed E-state index contributed by atoms with van der Waals surface area (Å²) >= 11 is 0. The molecule has 0 amide bonds. The third kappa shape index (κ3) is 7.69. The Labute approximate surface area is 342 Å². The van der Waals surface area contributed by atoms with Crippen molar-refractivity contribution in [3.8, 4) is 0 Å². The molecule has 58 heavy (non-hydrogen) atoms. The molecule has 5 aliphatic heterocycles. The van der Waals surface area contributed by atoms with Crippen molar-refractivity contribution in [2.45, 2.75) is 114 Å². The van der Waals surface area contributed by atoms with Gasteiger partial charge in [0.25, 0.3) is 0 Å². The number of ether oxygens (including phenoxy) is 4. The van der Waals surface area contributed by atoms with Crippen LogP contribution in [0.1, 0.15) is 72.1 Å². The molecule has 5 heterocycles. The van der Waals surface area contributed by atoms with Gasteiger partial charge >= 0.3 is 17.9 Å². The summed E-state index contributed by atoms with van der Waals surface area (Å²) in [7, 11) is 4.27. The third-order valence-corrected chi connectivity index (χ3v) is 15.0. The lowest BCUT2D eigenvalue weighted by atomic mass is 9.60. The molecule has 5 fully saturated rings. The first kappa shape index (κ1) is 44.4. The highest BCUT2D eigenvalue weighted by Crippen LogP contribution is 2.54. The summed E-state index contributed by atoms with van der Waals surface area (Å²) in [4.78, 5) is 46.1. The Morgan fingerprint density at radius 2 is 1.86 bits per heavy atom. The first-order chi connectivity index (χ1) is 27.3. The van der Waals surface area contributed by atoms with Crippen LogP contribution in [0.4, 0.5) is 9.09 Å². The number of carbonyl (C=O) groups is 3. The summed E-state index contributed by atoms with van der Waals surface area (Å²) in [6.07, 6.45) is 16.0. The minimum atomic E-state index is -2.20. The van der Waals surface area contributed by atoms with Gasteiger partial charge in [0.15, 0.2) is 0 Å². The Morgan fingerprint density at radius 1 is 1.10 bits per heavy atom. The fourth-order valence-corrected chi connectivity index (χ4v) is 12.6. The molecular formula is C44H66F2N4O8. The molecule has 7 aliphatic rings. The van der Waals surface area contributed by atoms with Crippen molar-refractivity contribution in [1.29, 1.82) is 0 Å². The topological polar surface area (TPSA) is 139 Å². The summed E-state index contributed by atoms with van der Waals surface area (Å²) < 4.78 is 38.3. The van der Waals surface area contributed by atoms with Crippen LogP contribution >= 0.6 is 0 Å². The van der Waals surface area contributed by atoms with Crippen LogP contribution in [0.25, 0.3) is 0 Å². The number of carbonyl (C=O) groups excluding carboxylic acids is 3. The maximum absolute atomic E-state index is 15.1. The minimum absolute atomic E-state index is 0. The van der Waals surface area contributed by atoms with Crippen LogP contribution in [0.2, 0.25) is 0 Å². The quantitative estimate of drug-likeness (QED) is 0.194. The van der Waals surface area contributed by atoms with E-state index in [4.69, 9.17) is 18.9 Å². The minimum Gasteiger partial charge on any atom is -0.497 e. The van der Waals surface area contributed by atoms with Gasteiger partial charge in [0.2, 0.25) is 5.60 Å². The molecule has 2 bridgehead atoms. The molecule has 0 radical (unpaired) electrons. The molecule has 14 atom stereocenters. The normalized spacial score (nSPS) is 38.7. The van der Waals surface area contributed by atoms with E-state index in [9.17, 15) is 19.5 Å². The number of halogens is 2. The molecule has 12 nitrogen and oxygen atoms in total. The summed E-state index contributed by atoms with van der Waals surface area (Å²) in [6.45, 7) is 8.84. The monoisotopic (exact) mass is 816 g/mol. The highest BCUT2D eigenvalue weighted by atomic mass is 19.1. The number of nitrogens with zero attached hydrogens (tertiary/aromatic N) is 2. The summed E-state index contributed by atoms with van der Waals surface area (Å²) in [5.41, 5.74) is -3.26. The molecule has 0 spiro atoms. The molecule has 3 N–H and O–H groups in total. The highest BCUT2D eigenvalue weighted by Gasteiger charge is 2.63. The SMILES string of the molecule is CC[C@@]1([C@@H](OC(C)=O)[C@@](O)(CNC2C=C(OC)C([C@@]3(C(=O)OC)CC4CC(C(C)F)CN(C4)CC4C5C=CC=CC5NC43)=CC2)C(=O)OC)CCCN2CCC[C@@H]21.F. The van der Waals surface area contributed by atoms with Crippen molar-refractivity contribution in [1.82, 2.24) is 20.4 Å². The van der Waals surface area contributed by atoms with Crippen molar-refractivity contribution >= 4 is 17.9 Å². The zero-order valence-electron chi connectivity index (χ0n) is 35.1. The number of aliphatic hydroxyl groups is 1. The van der Waals surface area contributed by atoms with Crippen LogP contribution in [0.5, 0.6) is 0 Å². The van der Waals surface area contributed by atoms with Crippen LogP contribution in [-0.4, -0.2) is 135 Å². The fraction of sp³-hybridized carbons (Fsp3) is 0.750. The number of methoxy groups -OCH3 is 3. The summed E-state index contributed by atoms with van der Waals surface area (Å²) in [5, 5.41) is 19.9. The highest BCUT2D eigenvalue weighted by molar-refractivity contribution is 5.84. The smallest absolute Gasteiger partial charge is 0.343 e.